The SMILES string of the molecule is CCC(CCNC(=NC)NCCc1cc(C)cc(C)c1)N1CCCC1=O.I. The molecule has 0 spiro atoms. The van der Waals surface area contributed by atoms with Crippen LogP contribution in [0.5, 0.6) is 0 Å². The number of hydrogen-bond acceptors (Lipinski definition) is 2. The molecular formula is C21H35IN4O. The summed E-state index contributed by atoms with van der Waals surface area (Å²) in [6.07, 6.45) is 4.66. The molecule has 1 unspecified atom stereocenters. The number of halogens is 1. The van der Waals surface area contributed by atoms with Gasteiger partial charge >= 0.3 is 0 Å². The minimum Gasteiger partial charge on any atom is -0.356 e. The predicted molar refractivity (Wildman–Crippen MR) is 124 cm³/mol. The van der Waals surface area contributed by atoms with E-state index < -0.39 is 0 Å². The Morgan fingerprint density at radius 1 is 1.19 bits per heavy atom. The van der Waals surface area contributed by atoms with Gasteiger partial charge < -0.3 is 15.5 Å². The monoisotopic (exact) mass is 486 g/mol. The van der Waals surface area contributed by atoms with Gasteiger partial charge in [0.25, 0.3) is 0 Å². The Labute approximate surface area is 181 Å². The number of aryl methyl sites for hydroxylation is 2. The fraction of sp³-hybridized carbons (Fsp3) is 0.619. The molecule has 1 aromatic carbocycles. The Hall–Kier alpha value is -1.31. The first-order valence-corrected chi connectivity index (χ1v) is 9.84. The quantitative estimate of drug-likeness (QED) is 0.337. The summed E-state index contributed by atoms with van der Waals surface area (Å²) in [6.45, 7) is 9.03. The van der Waals surface area contributed by atoms with E-state index in [-0.39, 0.29) is 24.0 Å². The van der Waals surface area contributed by atoms with E-state index in [0.29, 0.717) is 18.4 Å². The number of hydrogen-bond donors (Lipinski definition) is 2. The lowest BCUT2D eigenvalue weighted by Crippen LogP contribution is -2.42. The normalized spacial score (nSPS) is 15.5. The molecule has 1 heterocycles. The Morgan fingerprint density at radius 3 is 2.41 bits per heavy atom. The summed E-state index contributed by atoms with van der Waals surface area (Å²) in [5.41, 5.74) is 3.97. The van der Waals surface area contributed by atoms with Gasteiger partial charge in [-0.15, -0.1) is 24.0 Å². The third-order valence-electron chi connectivity index (χ3n) is 5.00. The molecule has 1 aliphatic rings. The highest BCUT2D eigenvalue weighted by Crippen LogP contribution is 2.17. The number of aliphatic imine (C=N–C) groups is 1. The van der Waals surface area contributed by atoms with Crippen LogP contribution in [0.25, 0.3) is 0 Å². The summed E-state index contributed by atoms with van der Waals surface area (Å²) >= 11 is 0. The number of benzene rings is 1. The van der Waals surface area contributed by atoms with Gasteiger partial charge in [0.2, 0.25) is 5.91 Å². The molecular weight excluding hydrogens is 451 g/mol. The standard InChI is InChI=1S/C21H34N4O.HI/c1-5-19(25-12-6-7-20(25)26)9-11-24-21(22-4)23-10-8-18-14-16(2)13-17(3)15-18;/h13-15,19H,5-12H2,1-4H3,(H2,22,23,24);1H. The number of rotatable bonds is 8. The lowest BCUT2D eigenvalue weighted by atomic mass is 10.1. The van der Waals surface area contributed by atoms with Gasteiger partial charge in [0, 0.05) is 39.1 Å². The van der Waals surface area contributed by atoms with Gasteiger partial charge in [0.1, 0.15) is 0 Å². The van der Waals surface area contributed by atoms with Gasteiger partial charge in [-0.2, -0.15) is 0 Å². The first-order valence-electron chi connectivity index (χ1n) is 9.84. The van der Waals surface area contributed by atoms with E-state index in [1.165, 1.54) is 16.7 Å². The molecule has 1 fully saturated rings. The highest BCUT2D eigenvalue weighted by Gasteiger charge is 2.26. The van der Waals surface area contributed by atoms with Crippen LogP contribution in [0.1, 0.15) is 49.3 Å². The summed E-state index contributed by atoms with van der Waals surface area (Å²) in [4.78, 5) is 18.3. The lowest BCUT2D eigenvalue weighted by Gasteiger charge is -2.27. The van der Waals surface area contributed by atoms with Gasteiger partial charge in [-0.05, 0) is 45.1 Å². The smallest absolute Gasteiger partial charge is 0.222 e. The van der Waals surface area contributed by atoms with E-state index in [1.54, 1.807) is 7.05 Å². The summed E-state index contributed by atoms with van der Waals surface area (Å²) in [7, 11) is 1.80. The van der Waals surface area contributed by atoms with Crippen LogP contribution in [-0.4, -0.2) is 49.5 Å². The van der Waals surface area contributed by atoms with E-state index in [0.717, 1.165) is 51.3 Å². The second-order valence-electron chi connectivity index (χ2n) is 7.21. The second-order valence-corrected chi connectivity index (χ2v) is 7.21. The van der Waals surface area contributed by atoms with Gasteiger partial charge in [-0.1, -0.05) is 36.2 Å². The van der Waals surface area contributed by atoms with Crippen LogP contribution in [0.3, 0.4) is 0 Å². The summed E-state index contributed by atoms with van der Waals surface area (Å²) in [6, 6.07) is 7.02. The highest BCUT2D eigenvalue weighted by atomic mass is 127. The molecule has 0 aliphatic carbocycles. The van der Waals surface area contributed by atoms with Crippen LogP contribution in [-0.2, 0) is 11.2 Å². The number of likely N-dealkylation sites (tertiary alicyclic amines) is 1. The molecule has 152 valence electrons. The molecule has 0 saturated carbocycles. The van der Waals surface area contributed by atoms with Crippen LogP contribution in [0.15, 0.2) is 23.2 Å². The third-order valence-corrected chi connectivity index (χ3v) is 5.00. The van der Waals surface area contributed by atoms with Crippen LogP contribution < -0.4 is 10.6 Å². The number of carbonyl (C=O) groups is 1. The van der Waals surface area contributed by atoms with E-state index in [1.807, 2.05) is 0 Å². The van der Waals surface area contributed by atoms with Crippen molar-refractivity contribution in [2.45, 2.75) is 58.9 Å². The number of carbonyl (C=O) groups excluding carboxylic acids is 1. The Bertz CT molecular complexity index is 612. The fourth-order valence-electron chi connectivity index (χ4n) is 3.75. The van der Waals surface area contributed by atoms with Crippen LogP contribution in [0.2, 0.25) is 0 Å². The summed E-state index contributed by atoms with van der Waals surface area (Å²) < 4.78 is 0. The Morgan fingerprint density at radius 2 is 1.85 bits per heavy atom. The van der Waals surface area contributed by atoms with E-state index in [4.69, 9.17) is 0 Å². The molecule has 1 amide bonds. The number of amides is 1. The topological polar surface area (TPSA) is 56.7 Å². The first kappa shape index (κ1) is 23.7. The molecule has 1 saturated heterocycles. The van der Waals surface area contributed by atoms with Gasteiger partial charge in [0.05, 0.1) is 0 Å². The molecule has 1 aliphatic heterocycles. The van der Waals surface area contributed by atoms with Crippen LogP contribution >= 0.6 is 24.0 Å². The third kappa shape index (κ3) is 7.68. The van der Waals surface area contributed by atoms with Crippen molar-refractivity contribution in [1.82, 2.24) is 15.5 Å². The zero-order chi connectivity index (χ0) is 18.9. The minimum absolute atomic E-state index is 0. The molecule has 27 heavy (non-hydrogen) atoms. The number of guanidine groups is 1. The fourth-order valence-corrected chi connectivity index (χ4v) is 3.75. The maximum Gasteiger partial charge on any atom is 0.222 e. The van der Waals surface area contributed by atoms with E-state index >= 15 is 0 Å². The molecule has 0 bridgehead atoms. The Kier molecular flexibility index (Phi) is 10.7. The van der Waals surface area contributed by atoms with Crippen molar-refractivity contribution in [3.05, 3.63) is 34.9 Å². The minimum atomic E-state index is 0. The van der Waals surface area contributed by atoms with Crippen molar-refractivity contribution in [3.8, 4) is 0 Å². The molecule has 1 aromatic rings. The number of nitrogens with zero attached hydrogens (tertiary/aromatic N) is 2. The summed E-state index contributed by atoms with van der Waals surface area (Å²) in [5.74, 6) is 1.14. The largest absolute Gasteiger partial charge is 0.356 e. The molecule has 0 aromatic heterocycles. The lowest BCUT2D eigenvalue weighted by molar-refractivity contribution is -0.129. The van der Waals surface area contributed by atoms with Gasteiger partial charge in [-0.25, -0.2) is 0 Å². The van der Waals surface area contributed by atoms with E-state index in [9.17, 15) is 4.79 Å². The molecule has 6 heteroatoms. The van der Waals surface area contributed by atoms with Crippen molar-refractivity contribution in [3.63, 3.8) is 0 Å². The maximum absolute atomic E-state index is 11.9. The van der Waals surface area contributed by atoms with Crippen molar-refractivity contribution in [2.24, 2.45) is 4.99 Å². The van der Waals surface area contributed by atoms with Crippen LogP contribution in [0, 0.1) is 13.8 Å². The van der Waals surface area contributed by atoms with E-state index in [2.05, 4.69) is 59.5 Å². The Balaban J connectivity index is 0.00000364. The van der Waals surface area contributed by atoms with Crippen molar-refractivity contribution in [2.75, 3.05) is 26.7 Å². The maximum atomic E-state index is 11.9. The predicted octanol–water partition coefficient (Wildman–Crippen LogP) is 3.42. The van der Waals surface area contributed by atoms with Gasteiger partial charge in [0.15, 0.2) is 5.96 Å². The van der Waals surface area contributed by atoms with Gasteiger partial charge in [-0.3, -0.25) is 9.79 Å². The molecule has 5 nitrogen and oxygen atoms in total. The molecule has 2 rings (SSSR count). The van der Waals surface area contributed by atoms with Crippen molar-refractivity contribution >= 4 is 35.8 Å². The first-order chi connectivity index (χ1) is 12.5. The van der Waals surface area contributed by atoms with Crippen molar-refractivity contribution < 1.29 is 4.79 Å². The van der Waals surface area contributed by atoms with Crippen LogP contribution in [0.4, 0.5) is 0 Å². The average Bonchev–Trinajstić information content (AvgIpc) is 3.02. The zero-order valence-corrected chi connectivity index (χ0v) is 19.5. The molecule has 1 atom stereocenters. The molecule has 2 N–H and O–H groups in total. The molecule has 0 radical (unpaired) electrons. The zero-order valence-electron chi connectivity index (χ0n) is 17.2. The highest BCUT2D eigenvalue weighted by molar-refractivity contribution is 14.0. The number of nitrogens with one attached hydrogen (secondary N) is 2. The summed E-state index contributed by atoms with van der Waals surface area (Å²) in [5, 5.41) is 6.77. The second kappa shape index (κ2) is 12.2. The average molecular weight is 486 g/mol. The van der Waals surface area contributed by atoms with Crippen molar-refractivity contribution in [1.29, 1.82) is 0 Å².